The number of nitrogens with zero attached hydrogens (tertiary/aromatic N) is 2. The molecule has 2 aromatic carbocycles. The van der Waals surface area contributed by atoms with E-state index in [9.17, 15) is 14.4 Å². The lowest BCUT2D eigenvalue weighted by atomic mass is 10.1. The molecule has 0 saturated carbocycles. The molecule has 0 fully saturated rings. The molecule has 0 aliphatic heterocycles. The van der Waals surface area contributed by atoms with E-state index >= 15 is 0 Å². The standard InChI is InChI=1S/C20H17ClN2O5/c1-3-23-19(25)14-7-5-4-6-13(14)18(22-23)20(26)28-11-16(24)12-8-9-17(27-2)15(21)10-12/h4-10H,3,11H2,1-2H3. The van der Waals surface area contributed by atoms with Gasteiger partial charge in [0.05, 0.1) is 17.5 Å². The second kappa shape index (κ2) is 8.22. The van der Waals surface area contributed by atoms with Crippen molar-refractivity contribution in [3.8, 4) is 5.75 Å². The van der Waals surface area contributed by atoms with Gasteiger partial charge in [0, 0.05) is 17.5 Å². The molecule has 0 bridgehead atoms. The number of carbonyl (C=O) groups is 2. The second-order valence-corrected chi connectivity index (χ2v) is 6.27. The van der Waals surface area contributed by atoms with Crippen LogP contribution in [0.3, 0.4) is 0 Å². The summed E-state index contributed by atoms with van der Waals surface area (Å²) in [6.07, 6.45) is 0. The average molecular weight is 401 g/mol. The molecule has 1 heterocycles. The molecule has 0 amide bonds. The van der Waals surface area contributed by atoms with Gasteiger partial charge in [0.1, 0.15) is 5.75 Å². The number of methoxy groups -OCH3 is 1. The Balaban J connectivity index is 1.84. The molecule has 8 heteroatoms. The third-order valence-electron chi connectivity index (χ3n) is 4.17. The summed E-state index contributed by atoms with van der Waals surface area (Å²) in [4.78, 5) is 37.2. The van der Waals surface area contributed by atoms with Crippen LogP contribution >= 0.6 is 11.6 Å². The van der Waals surface area contributed by atoms with Crippen LogP contribution in [0.25, 0.3) is 10.8 Å². The molecule has 0 unspecified atom stereocenters. The van der Waals surface area contributed by atoms with Crippen molar-refractivity contribution >= 4 is 34.1 Å². The van der Waals surface area contributed by atoms with E-state index in [0.717, 1.165) is 0 Å². The highest BCUT2D eigenvalue weighted by Crippen LogP contribution is 2.25. The Bertz CT molecular complexity index is 1120. The third kappa shape index (κ3) is 3.75. The number of halogens is 1. The van der Waals surface area contributed by atoms with E-state index in [1.165, 1.54) is 23.9 Å². The van der Waals surface area contributed by atoms with Gasteiger partial charge in [0.2, 0.25) is 0 Å². The van der Waals surface area contributed by atoms with Crippen LogP contribution < -0.4 is 10.3 Å². The molecule has 0 saturated heterocycles. The van der Waals surface area contributed by atoms with Gasteiger partial charge in [0.25, 0.3) is 5.56 Å². The predicted molar refractivity (Wildman–Crippen MR) is 104 cm³/mol. The zero-order chi connectivity index (χ0) is 20.3. The smallest absolute Gasteiger partial charge is 0.359 e. The Morgan fingerprint density at radius 3 is 2.50 bits per heavy atom. The predicted octanol–water partition coefficient (Wildman–Crippen LogP) is 3.12. The number of aryl methyl sites for hydroxylation is 1. The van der Waals surface area contributed by atoms with Gasteiger partial charge in [0.15, 0.2) is 18.1 Å². The van der Waals surface area contributed by atoms with E-state index in [1.807, 2.05) is 0 Å². The monoisotopic (exact) mass is 400 g/mol. The highest BCUT2D eigenvalue weighted by Gasteiger charge is 2.19. The molecule has 28 heavy (non-hydrogen) atoms. The van der Waals surface area contributed by atoms with Crippen LogP contribution in [0.4, 0.5) is 0 Å². The van der Waals surface area contributed by atoms with E-state index in [4.69, 9.17) is 21.1 Å². The maximum absolute atomic E-state index is 12.5. The van der Waals surface area contributed by atoms with Gasteiger partial charge in [-0.3, -0.25) is 9.59 Å². The van der Waals surface area contributed by atoms with Gasteiger partial charge in [-0.15, -0.1) is 0 Å². The summed E-state index contributed by atoms with van der Waals surface area (Å²) in [6, 6.07) is 11.2. The lowest BCUT2D eigenvalue weighted by Gasteiger charge is -2.10. The largest absolute Gasteiger partial charge is 0.495 e. The van der Waals surface area contributed by atoms with E-state index in [1.54, 1.807) is 37.3 Å². The van der Waals surface area contributed by atoms with Crippen LogP contribution in [0.5, 0.6) is 5.75 Å². The van der Waals surface area contributed by atoms with Gasteiger partial charge in [-0.05, 0) is 31.2 Å². The van der Waals surface area contributed by atoms with Crippen LogP contribution in [-0.2, 0) is 11.3 Å². The summed E-state index contributed by atoms with van der Waals surface area (Å²) < 4.78 is 11.4. The fraction of sp³-hybridized carbons (Fsp3) is 0.200. The molecule has 0 aliphatic carbocycles. The fourth-order valence-electron chi connectivity index (χ4n) is 2.72. The minimum atomic E-state index is -0.786. The minimum Gasteiger partial charge on any atom is -0.495 e. The van der Waals surface area contributed by atoms with Crippen molar-refractivity contribution in [2.45, 2.75) is 13.5 Å². The Morgan fingerprint density at radius 2 is 1.86 bits per heavy atom. The van der Waals surface area contributed by atoms with Crippen molar-refractivity contribution in [3.05, 3.63) is 69.1 Å². The Hall–Kier alpha value is -3.19. The van der Waals surface area contributed by atoms with Crippen molar-refractivity contribution in [2.75, 3.05) is 13.7 Å². The third-order valence-corrected chi connectivity index (χ3v) is 4.46. The van der Waals surface area contributed by atoms with Crippen LogP contribution in [0.15, 0.2) is 47.3 Å². The molecule has 144 valence electrons. The van der Waals surface area contributed by atoms with Gasteiger partial charge in [-0.1, -0.05) is 29.8 Å². The van der Waals surface area contributed by atoms with Crippen molar-refractivity contribution in [1.82, 2.24) is 9.78 Å². The lowest BCUT2D eigenvalue weighted by molar-refractivity contribution is 0.0468. The maximum Gasteiger partial charge on any atom is 0.359 e. The molecule has 0 aliphatic rings. The van der Waals surface area contributed by atoms with Crippen molar-refractivity contribution < 1.29 is 19.1 Å². The first-order valence-corrected chi connectivity index (χ1v) is 8.87. The van der Waals surface area contributed by atoms with Crippen LogP contribution in [-0.4, -0.2) is 35.2 Å². The molecular weight excluding hydrogens is 384 g/mol. The van der Waals surface area contributed by atoms with Gasteiger partial charge >= 0.3 is 5.97 Å². The first kappa shape index (κ1) is 19.6. The van der Waals surface area contributed by atoms with Crippen LogP contribution in [0.2, 0.25) is 5.02 Å². The quantitative estimate of drug-likeness (QED) is 0.466. The molecule has 3 aromatic rings. The van der Waals surface area contributed by atoms with E-state index < -0.39 is 18.4 Å². The zero-order valence-electron chi connectivity index (χ0n) is 15.3. The zero-order valence-corrected chi connectivity index (χ0v) is 16.0. The minimum absolute atomic E-state index is 0.0161. The number of esters is 1. The molecule has 1 aromatic heterocycles. The number of hydrogen-bond acceptors (Lipinski definition) is 6. The number of fused-ring (bicyclic) bond motifs is 1. The number of Topliss-reactive ketones (excluding diaryl/α,β-unsaturated/α-hetero) is 1. The summed E-state index contributed by atoms with van der Waals surface area (Å²) in [5.41, 5.74) is -0.0221. The molecule has 0 atom stereocenters. The number of rotatable bonds is 6. The van der Waals surface area contributed by atoms with E-state index in [-0.39, 0.29) is 21.8 Å². The topological polar surface area (TPSA) is 87.5 Å². The molecule has 0 radical (unpaired) electrons. The first-order valence-electron chi connectivity index (χ1n) is 8.50. The molecule has 3 rings (SSSR count). The van der Waals surface area contributed by atoms with E-state index in [0.29, 0.717) is 23.1 Å². The van der Waals surface area contributed by atoms with Gasteiger partial charge in [-0.25, -0.2) is 9.48 Å². The Morgan fingerprint density at radius 1 is 1.14 bits per heavy atom. The summed E-state index contributed by atoms with van der Waals surface area (Å²) in [7, 11) is 1.47. The first-order chi connectivity index (χ1) is 13.5. The second-order valence-electron chi connectivity index (χ2n) is 5.86. The lowest BCUT2D eigenvalue weighted by Crippen LogP contribution is -2.26. The normalized spacial score (nSPS) is 10.7. The van der Waals surface area contributed by atoms with Gasteiger partial charge in [-0.2, -0.15) is 5.10 Å². The highest BCUT2D eigenvalue weighted by atomic mass is 35.5. The Labute approximate surface area is 165 Å². The van der Waals surface area contributed by atoms with Crippen molar-refractivity contribution in [1.29, 1.82) is 0 Å². The van der Waals surface area contributed by atoms with Gasteiger partial charge < -0.3 is 9.47 Å². The van der Waals surface area contributed by atoms with Crippen LogP contribution in [0.1, 0.15) is 27.8 Å². The number of carbonyl (C=O) groups excluding carboxylic acids is 2. The summed E-state index contributed by atoms with van der Waals surface area (Å²) in [6.45, 7) is 1.56. The SMILES string of the molecule is CCn1nc(C(=O)OCC(=O)c2ccc(OC)c(Cl)c2)c2ccccc2c1=O. The summed E-state index contributed by atoms with van der Waals surface area (Å²) in [5, 5.41) is 5.10. The van der Waals surface area contributed by atoms with Crippen LogP contribution in [0, 0.1) is 0 Å². The number of hydrogen-bond donors (Lipinski definition) is 0. The maximum atomic E-state index is 12.5. The molecular formula is C20H17ClN2O5. The number of ether oxygens (including phenoxy) is 2. The van der Waals surface area contributed by atoms with E-state index in [2.05, 4.69) is 5.10 Å². The number of aromatic nitrogens is 2. The number of ketones is 1. The van der Waals surface area contributed by atoms with Crippen molar-refractivity contribution in [3.63, 3.8) is 0 Å². The Kier molecular flexibility index (Phi) is 5.75. The average Bonchev–Trinajstić information content (AvgIpc) is 2.72. The summed E-state index contributed by atoms with van der Waals surface area (Å²) >= 11 is 6.02. The summed E-state index contributed by atoms with van der Waals surface area (Å²) in [5.74, 6) is -0.773. The van der Waals surface area contributed by atoms with Crippen molar-refractivity contribution in [2.24, 2.45) is 0 Å². The highest BCUT2D eigenvalue weighted by molar-refractivity contribution is 6.32. The number of benzene rings is 2. The molecule has 7 nitrogen and oxygen atoms in total. The fourth-order valence-corrected chi connectivity index (χ4v) is 2.98. The molecule has 0 N–H and O–H groups in total. The molecule has 0 spiro atoms.